The van der Waals surface area contributed by atoms with Gasteiger partial charge in [-0.3, -0.25) is 0 Å². The molecule has 92 valence electrons. The lowest BCUT2D eigenvalue weighted by Gasteiger charge is -2.04. The largest absolute Gasteiger partial charge is 0.508 e. The van der Waals surface area contributed by atoms with E-state index in [1.54, 1.807) is 12.1 Å². The van der Waals surface area contributed by atoms with Crippen LogP contribution in [-0.4, -0.2) is 23.7 Å². The Morgan fingerprint density at radius 3 is 2.47 bits per heavy atom. The normalized spacial score (nSPS) is 9.65. The van der Waals surface area contributed by atoms with Crippen LogP contribution in [0.4, 0.5) is 4.79 Å². The summed E-state index contributed by atoms with van der Waals surface area (Å²) in [6.45, 7) is 0.278. The fourth-order valence-electron chi connectivity index (χ4n) is 1.04. The van der Waals surface area contributed by atoms with E-state index in [0.29, 0.717) is 6.54 Å². The van der Waals surface area contributed by atoms with E-state index >= 15 is 0 Å². The molecule has 0 fully saturated rings. The first-order valence-electron chi connectivity index (χ1n) is 4.73. The highest BCUT2D eigenvalue weighted by atomic mass is 17.2. The zero-order chi connectivity index (χ0) is 12.7. The van der Waals surface area contributed by atoms with Crippen molar-refractivity contribution in [1.29, 1.82) is 0 Å². The number of amides is 1. The summed E-state index contributed by atoms with van der Waals surface area (Å²) in [4.78, 5) is 28.9. The molecule has 1 aromatic carbocycles. The zero-order valence-corrected chi connectivity index (χ0v) is 8.88. The molecule has 0 bridgehead atoms. The van der Waals surface area contributed by atoms with E-state index in [2.05, 4.69) is 20.8 Å². The molecule has 0 aromatic heterocycles. The van der Waals surface area contributed by atoms with Crippen molar-refractivity contribution in [1.82, 2.24) is 5.32 Å². The number of hydrogen-bond acceptors (Lipinski definition) is 6. The number of aromatic hydroxyl groups is 1. The number of rotatable bonds is 4. The Morgan fingerprint density at radius 2 is 1.88 bits per heavy atom. The summed E-state index contributed by atoms with van der Waals surface area (Å²) in [5.74, 6) is -0.592. The lowest BCUT2D eigenvalue weighted by Crippen LogP contribution is -2.26. The molecule has 0 unspecified atom stereocenters. The maximum Gasteiger partial charge on any atom is 0.447 e. The van der Waals surface area contributed by atoms with Gasteiger partial charge in [0.05, 0.1) is 6.54 Å². The smallest absolute Gasteiger partial charge is 0.447 e. The highest BCUT2D eigenvalue weighted by Gasteiger charge is 2.05. The van der Waals surface area contributed by atoms with E-state index < -0.39 is 12.1 Å². The average molecular weight is 240 g/mol. The summed E-state index contributed by atoms with van der Waals surface area (Å²) in [5, 5.41) is 11.8. The predicted octanol–water partition coefficient (Wildman–Crippen LogP) is 0.0353. The summed E-state index contributed by atoms with van der Waals surface area (Å²) in [5.41, 5.74) is 5.47. The molecule has 1 rings (SSSR count). The Balaban J connectivity index is 2.21. The van der Waals surface area contributed by atoms with E-state index in [1.807, 2.05) is 0 Å². The molecule has 0 aliphatic heterocycles. The number of nitrogens with one attached hydrogen (secondary N) is 1. The predicted molar refractivity (Wildman–Crippen MR) is 56.6 cm³/mol. The summed E-state index contributed by atoms with van der Waals surface area (Å²) in [6, 6.07) is 6.47. The van der Waals surface area contributed by atoms with Crippen LogP contribution in [0.3, 0.4) is 0 Å². The molecule has 0 atom stereocenters. The van der Waals surface area contributed by atoms with Crippen LogP contribution in [0.15, 0.2) is 24.3 Å². The molecule has 0 heterocycles. The van der Waals surface area contributed by atoms with Gasteiger partial charge in [0.1, 0.15) is 5.75 Å². The van der Waals surface area contributed by atoms with Gasteiger partial charge in [0, 0.05) is 6.54 Å². The molecule has 0 aliphatic rings. The highest BCUT2D eigenvalue weighted by Crippen LogP contribution is 2.08. The van der Waals surface area contributed by atoms with Crippen molar-refractivity contribution in [2.75, 3.05) is 6.54 Å². The SMILES string of the molecule is NC(=O)OOC(=O)CNCc1ccc(O)cc1. The van der Waals surface area contributed by atoms with Crippen molar-refractivity contribution >= 4 is 12.1 Å². The number of phenolic OH excluding ortho intramolecular Hbond substituents is 1. The Hall–Kier alpha value is -2.28. The summed E-state index contributed by atoms with van der Waals surface area (Å²) >= 11 is 0. The van der Waals surface area contributed by atoms with Gasteiger partial charge in [0.2, 0.25) is 0 Å². The summed E-state index contributed by atoms with van der Waals surface area (Å²) in [7, 11) is 0. The van der Waals surface area contributed by atoms with Gasteiger partial charge in [0.25, 0.3) is 0 Å². The van der Waals surface area contributed by atoms with Gasteiger partial charge in [-0.2, -0.15) is 0 Å². The molecule has 7 heteroatoms. The average Bonchev–Trinajstić information content (AvgIpc) is 2.29. The van der Waals surface area contributed by atoms with E-state index in [-0.39, 0.29) is 12.3 Å². The molecule has 0 saturated heterocycles. The van der Waals surface area contributed by atoms with Crippen molar-refractivity contribution < 1.29 is 24.5 Å². The molecule has 0 aliphatic carbocycles. The third-order valence-electron chi connectivity index (χ3n) is 1.75. The van der Waals surface area contributed by atoms with Crippen LogP contribution >= 0.6 is 0 Å². The first-order valence-corrected chi connectivity index (χ1v) is 4.73. The van der Waals surface area contributed by atoms with E-state index in [9.17, 15) is 9.59 Å². The van der Waals surface area contributed by atoms with Crippen LogP contribution in [0.25, 0.3) is 0 Å². The van der Waals surface area contributed by atoms with Crippen LogP contribution in [-0.2, 0) is 21.1 Å². The molecular formula is C10H12N2O5. The number of hydrogen-bond donors (Lipinski definition) is 3. The van der Waals surface area contributed by atoms with Gasteiger partial charge in [-0.15, -0.1) is 0 Å². The van der Waals surface area contributed by atoms with Crippen molar-refractivity contribution in [2.45, 2.75) is 6.54 Å². The van der Waals surface area contributed by atoms with Crippen LogP contribution in [0.5, 0.6) is 5.75 Å². The van der Waals surface area contributed by atoms with Crippen molar-refractivity contribution in [3.05, 3.63) is 29.8 Å². The molecule has 17 heavy (non-hydrogen) atoms. The Morgan fingerprint density at radius 1 is 1.24 bits per heavy atom. The molecule has 1 amide bonds. The minimum atomic E-state index is -1.18. The molecule has 0 spiro atoms. The second kappa shape index (κ2) is 6.33. The molecule has 7 nitrogen and oxygen atoms in total. The first kappa shape index (κ1) is 12.8. The highest BCUT2D eigenvalue weighted by molar-refractivity contribution is 5.72. The molecule has 1 aromatic rings. The standard InChI is InChI=1S/C10H12N2O5/c11-10(15)17-16-9(14)6-12-5-7-1-3-8(13)4-2-7/h1-4,12-13H,5-6H2,(H2,11,15). The van der Waals surface area contributed by atoms with Gasteiger partial charge in [-0.1, -0.05) is 12.1 Å². The number of nitrogens with two attached hydrogens (primary N) is 1. The third kappa shape index (κ3) is 5.38. The molecular weight excluding hydrogens is 228 g/mol. The van der Waals surface area contributed by atoms with E-state index in [4.69, 9.17) is 5.11 Å². The van der Waals surface area contributed by atoms with Crippen molar-refractivity contribution in [3.63, 3.8) is 0 Å². The lowest BCUT2D eigenvalue weighted by atomic mass is 10.2. The van der Waals surface area contributed by atoms with Crippen LogP contribution in [0.1, 0.15) is 5.56 Å². The van der Waals surface area contributed by atoms with E-state index in [1.165, 1.54) is 12.1 Å². The van der Waals surface area contributed by atoms with Crippen molar-refractivity contribution in [3.8, 4) is 5.75 Å². The van der Waals surface area contributed by atoms with Crippen LogP contribution < -0.4 is 11.1 Å². The van der Waals surface area contributed by atoms with Gasteiger partial charge < -0.3 is 16.2 Å². The van der Waals surface area contributed by atoms with Crippen molar-refractivity contribution in [2.24, 2.45) is 5.73 Å². The minimum absolute atomic E-state index is 0.131. The second-order valence-electron chi connectivity index (χ2n) is 3.13. The van der Waals surface area contributed by atoms with Gasteiger partial charge >= 0.3 is 12.1 Å². The van der Waals surface area contributed by atoms with Gasteiger partial charge in [-0.25, -0.2) is 19.4 Å². The number of carbonyl (C=O) groups is 2. The monoisotopic (exact) mass is 240 g/mol. The van der Waals surface area contributed by atoms with Gasteiger partial charge in [0.15, 0.2) is 0 Å². The quantitative estimate of drug-likeness (QED) is 0.506. The number of primary amides is 1. The van der Waals surface area contributed by atoms with Crippen LogP contribution in [0, 0.1) is 0 Å². The number of benzene rings is 1. The maximum atomic E-state index is 10.9. The second-order valence-corrected chi connectivity index (χ2v) is 3.13. The maximum absolute atomic E-state index is 10.9. The molecule has 0 radical (unpaired) electrons. The Kier molecular flexibility index (Phi) is 4.77. The van der Waals surface area contributed by atoms with Gasteiger partial charge in [-0.05, 0) is 17.7 Å². The summed E-state index contributed by atoms with van der Waals surface area (Å²) in [6.07, 6.45) is -1.18. The Bertz CT molecular complexity index is 390. The Labute approximate surface area is 97.1 Å². The molecule has 4 N–H and O–H groups in total. The van der Waals surface area contributed by atoms with Crippen LogP contribution in [0.2, 0.25) is 0 Å². The van der Waals surface area contributed by atoms with E-state index in [0.717, 1.165) is 5.56 Å². The fourth-order valence-corrected chi connectivity index (χ4v) is 1.04. The zero-order valence-electron chi connectivity index (χ0n) is 8.88. The third-order valence-corrected chi connectivity index (χ3v) is 1.75. The first-order chi connectivity index (χ1) is 8.08. The topological polar surface area (TPSA) is 111 Å². The lowest BCUT2D eigenvalue weighted by molar-refractivity contribution is -0.229. The number of phenols is 1. The fraction of sp³-hybridized carbons (Fsp3) is 0.200. The number of carbonyl (C=O) groups excluding carboxylic acids is 2. The minimum Gasteiger partial charge on any atom is -0.508 e. The molecule has 0 saturated carbocycles. The summed E-state index contributed by atoms with van der Waals surface area (Å²) < 4.78 is 0.